The van der Waals surface area contributed by atoms with Crippen LogP contribution in [0.25, 0.3) is 16.8 Å². The number of carbonyl (C=O) groups excluding carboxylic acids is 2. The zero-order chi connectivity index (χ0) is 25.3. The molecule has 1 aliphatic heterocycles. The van der Waals surface area contributed by atoms with E-state index in [0.717, 1.165) is 48.5 Å². The first kappa shape index (κ1) is 23.7. The van der Waals surface area contributed by atoms with Gasteiger partial charge in [-0.2, -0.15) is 0 Å². The number of imidazole rings is 1. The number of nitrogens with zero attached hydrogens (tertiary/aromatic N) is 5. The molecule has 4 aromatic rings. The lowest BCUT2D eigenvalue weighted by molar-refractivity contribution is -0.137. The lowest BCUT2D eigenvalue weighted by Gasteiger charge is -2.37. The third kappa shape index (κ3) is 4.72. The van der Waals surface area contributed by atoms with Crippen molar-refractivity contribution in [3.05, 3.63) is 84.4 Å². The van der Waals surface area contributed by atoms with Crippen molar-refractivity contribution in [3.8, 4) is 11.1 Å². The van der Waals surface area contributed by atoms with Crippen molar-refractivity contribution >= 4 is 23.3 Å². The summed E-state index contributed by atoms with van der Waals surface area (Å²) < 4.78 is 1.89. The number of piperazine rings is 1. The first-order valence-electron chi connectivity index (χ1n) is 12.1. The third-order valence-electron chi connectivity index (χ3n) is 6.90. The Morgan fingerprint density at radius 1 is 0.861 bits per heavy atom. The van der Waals surface area contributed by atoms with Crippen LogP contribution in [-0.2, 0) is 10.2 Å². The number of amides is 2. The van der Waals surface area contributed by atoms with Crippen molar-refractivity contribution in [2.75, 3.05) is 38.5 Å². The fourth-order valence-corrected chi connectivity index (χ4v) is 4.52. The highest BCUT2D eigenvalue weighted by molar-refractivity contribution is 6.04. The minimum Gasteiger partial charge on any atom is -0.339 e. The average molecular weight is 483 g/mol. The van der Waals surface area contributed by atoms with E-state index in [0.29, 0.717) is 11.4 Å². The Balaban J connectivity index is 1.28. The van der Waals surface area contributed by atoms with E-state index in [2.05, 4.69) is 27.2 Å². The van der Waals surface area contributed by atoms with Crippen molar-refractivity contribution < 1.29 is 9.59 Å². The summed E-state index contributed by atoms with van der Waals surface area (Å²) in [5.41, 5.74) is 3.56. The predicted molar refractivity (Wildman–Crippen MR) is 140 cm³/mol. The number of likely N-dealkylation sites (N-methyl/N-ethyl adjacent to an activating group) is 1. The van der Waals surface area contributed by atoms with Crippen LogP contribution in [0, 0.1) is 0 Å². The van der Waals surface area contributed by atoms with Crippen molar-refractivity contribution in [3.63, 3.8) is 0 Å². The Morgan fingerprint density at radius 2 is 1.56 bits per heavy atom. The lowest BCUT2D eigenvalue weighted by atomic mass is 9.82. The molecule has 5 rings (SSSR count). The first-order valence-corrected chi connectivity index (χ1v) is 12.1. The van der Waals surface area contributed by atoms with E-state index < -0.39 is 5.41 Å². The van der Waals surface area contributed by atoms with E-state index in [-0.39, 0.29) is 11.8 Å². The third-order valence-corrected chi connectivity index (χ3v) is 6.90. The van der Waals surface area contributed by atoms with Crippen molar-refractivity contribution in [1.29, 1.82) is 0 Å². The van der Waals surface area contributed by atoms with Gasteiger partial charge in [0.15, 0.2) is 5.82 Å². The minimum absolute atomic E-state index is 0.114. The molecule has 1 N–H and O–H groups in total. The topological polar surface area (TPSA) is 82.8 Å². The van der Waals surface area contributed by atoms with Gasteiger partial charge in [-0.15, -0.1) is 0 Å². The summed E-state index contributed by atoms with van der Waals surface area (Å²) in [4.78, 5) is 38.8. The molecule has 2 amide bonds. The van der Waals surface area contributed by atoms with Gasteiger partial charge < -0.3 is 19.5 Å². The Morgan fingerprint density at radius 3 is 2.25 bits per heavy atom. The summed E-state index contributed by atoms with van der Waals surface area (Å²) in [7, 11) is 2.07. The number of hydrogen-bond donors (Lipinski definition) is 1. The molecule has 3 aromatic heterocycles. The molecule has 8 heteroatoms. The molecule has 0 spiro atoms. The quantitative estimate of drug-likeness (QED) is 0.469. The summed E-state index contributed by atoms with van der Waals surface area (Å²) in [6.07, 6.45) is 7.29. The molecule has 8 nitrogen and oxygen atoms in total. The second-order valence-corrected chi connectivity index (χ2v) is 9.80. The number of carbonyl (C=O) groups is 2. The molecule has 0 radical (unpaired) electrons. The van der Waals surface area contributed by atoms with Crippen molar-refractivity contribution in [1.82, 2.24) is 24.2 Å². The Labute approximate surface area is 210 Å². The molecule has 1 saturated heterocycles. The van der Waals surface area contributed by atoms with Crippen LogP contribution in [-0.4, -0.2) is 69.2 Å². The molecule has 184 valence electrons. The molecule has 0 aliphatic carbocycles. The Kier molecular flexibility index (Phi) is 6.28. The SMILES string of the molecule is CN1CCN(C(=O)C(C)(C)c2ccc(C(=O)Nc3cn4cc(-c5ccncc5)ccc4n3)cc2)CC1. The summed E-state index contributed by atoms with van der Waals surface area (Å²) in [5, 5.41) is 2.88. The fraction of sp³-hybridized carbons (Fsp3) is 0.286. The second kappa shape index (κ2) is 9.54. The van der Waals surface area contributed by atoms with Gasteiger partial charge in [0.25, 0.3) is 5.91 Å². The maximum Gasteiger partial charge on any atom is 0.256 e. The average Bonchev–Trinajstić information content (AvgIpc) is 3.30. The van der Waals surface area contributed by atoms with Gasteiger partial charge in [0, 0.05) is 50.3 Å². The highest BCUT2D eigenvalue weighted by Crippen LogP contribution is 2.27. The number of nitrogens with one attached hydrogen (secondary N) is 1. The fourth-order valence-electron chi connectivity index (χ4n) is 4.52. The normalized spacial score (nSPS) is 14.7. The summed E-state index contributed by atoms with van der Waals surface area (Å²) in [5.74, 6) is 0.340. The van der Waals surface area contributed by atoms with Gasteiger partial charge in [0.2, 0.25) is 5.91 Å². The number of fused-ring (bicyclic) bond motifs is 1. The summed E-state index contributed by atoms with van der Waals surface area (Å²) in [6.45, 7) is 7.13. The number of anilines is 1. The minimum atomic E-state index is -0.668. The molecule has 1 aromatic carbocycles. The molecule has 0 atom stereocenters. The zero-order valence-electron chi connectivity index (χ0n) is 20.8. The van der Waals surface area contributed by atoms with E-state index in [1.165, 1.54) is 0 Å². The van der Waals surface area contributed by atoms with E-state index in [1.807, 2.05) is 65.7 Å². The van der Waals surface area contributed by atoms with E-state index in [4.69, 9.17) is 0 Å². The number of aromatic nitrogens is 3. The van der Waals surface area contributed by atoms with Gasteiger partial charge in [0.05, 0.1) is 11.6 Å². The van der Waals surface area contributed by atoms with Gasteiger partial charge in [-0.05, 0) is 74.0 Å². The van der Waals surface area contributed by atoms with E-state index in [9.17, 15) is 9.59 Å². The highest BCUT2D eigenvalue weighted by atomic mass is 16.2. The molecule has 1 fully saturated rings. The van der Waals surface area contributed by atoms with Crippen LogP contribution in [0.2, 0.25) is 0 Å². The van der Waals surface area contributed by atoms with E-state index >= 15 is 0 Å². The monoisotopic (exact) mass is 482 g/mol. The predicted octanol–water partition coefficient (Wildman–Crippen LogP) is 3.70. The Bertz CT molecular complexity index is 1390. The summed E-state index contributed by atoms with van der Waals surface area (Å²) >= 11 is 0. The van der Waals surface area contributed by atoms with Gasteiger partial charge >= 0.3 is 0 Å². The van der Waals surface area contributed by atoms with Gasteiger partial charge in [-0.25, -0.2) is 4.98 Å². The van der Waals surface area contributed by atoms with Crippen LogP contribution in [0.4, 0.5) is 5.82 Å². The lowest BCUT2D eigenvalue weighted by Crippen LogP contribution is -2.52. The number of benzene rings is 1. The maximum atomic E-state index is 13.2. The van der Waals surface area contributed by atoms with Crippen molar-refractivity contribution in [2.24, 2.45) is 0 Å². The second-order valence-electron chi connectivity index (χ2n) is 9.80. The van der Waals surface area contributed by atoms with Crippen LogP contribution in [0.1, 0.15) is 29.8 Å². The van der Waals surface area contributed by atoms with Gasteiger partial charge in [0.1, 0.15) is 5.65 Å². The number of hydrogen-bond acceptors (Lipinski definition) is 5. The van der Waals surface area contributed by atoms with E-state index in [1.54, 1.807) is 30.7 Å². The number of rotatable bonds is 5. The molecule has 0 saturated carbocycles. The van der Waals surface area contributed by atoms with Crippen molar-refractivity contribution in [2.45, 2.75) is 19.3 Å². The first-order chi connectivity index (χ1) is 17.3. The van der Waals surface area contributed by atoms with Crippen LogP contribution < -0.4 is 5.32 Å². The Hall–Kier alpha value is -4.04. The highest BCUT2D eigenvalue weighted by Gasteiger charge is 2.34. The van der Waals surface area contributed by atoms with Gasteiger partial charge in [-0.1, -0.05) is 12.1 Å². The van der Waals surface area contributed by atoms with Crippen LogP contribution in [0.15, 0.2) is 73.3 Å². The largest absolute Gasteiger partial charge is 0.339 e. The molecular weight excluding hydrogens is 452 g/mol. The van der Waals surface area contributed by atoms with Crippen LogP contribution >= 0.6 is 0 Å². The zero-order valence-corrected chi connectivity index (χ0v) is 20.8. The molecule has 4 heterocycles. The molecule has 0 bridgehead atoms. The van der Waals surface area contributed by atoms with Gasteiger partial charge in [-0.3, -0.25) is 14.6 Å². The smallest absolute Gasteiger partial charge is 0.256 e. The molecular formula is C28H30N6O2. The summed E-state index contributed by atoms with van der Waals surface area (Å²) in [6, 6.07) is 15.1. The molecule has 1 aliphatic rings. The number of pyridine rings is 2. The van der Waals surface area contributed by atoms with Crippen LogP contribution in [0.5, 0.6) is 0 Å². The molecule has 0 unspecified atom stereocenters. The molecule has 36 heavy (non-hydrogen) atoms. The maximum absolute atomic E-state index is 13.2. The van der Waals surface area contributed by atoms with Crippen LogP contribution in [0.3, 0.4) is 0 Å². The standard InChI is InChI=1S/C28H30N6O2/c1-28(2,27(36)33-16-14-32(3)15-17-33)23-7-4-21(5-8-23)26(35)31-24-19-34-18-22(6-9-25(34)30-24)20-10-12-29-13-11-20/h4-13,18-19H,14-17H2,1-3H3,(H,31,35).